The summed E-state index contributed by atoms with van der Waals surface area (Å²) in [6.07, 6.45) is 1.57. The second-order valence-electron chi connectivity index (χ2n) is 3.84. The molecule has 0 radical (unpaired) electrons. The molecule has 1 aliphatic heterocycles. The van der Waals surface area contributed by atoms with Crippen molar-refractivity contribution in [3.63, 3.8) is 0 Å². The van der Waals surface area contributed by atoms with E-state index in [0.29, 0.717) is 0 Å². The van der Waals surface area contributed by atoms with Crippen LogP contribution in [0, 0.1) is 13.8 Å². The fourth-order valence-corrected chi connectivity index (χ4v) is 2.53. The average Bonchev–Trinajstić information content (AvgIpc) is 2.15. The minimum atomic E-state index is -3.69. The van der Waals surface area contributed by atoms with Crippen LogP contribution in [0.4, 0.5) is 0 Å². The Kier molecular flexibility index (Phi) is 2.72. The number of aryl methyl sites for hydroxylation is 2. The highest BCUT2D eigenvalue weighted by Crippen LogP contribution is 2.33. The maximum atomic E-state index is 11.2. The molecule has 1 aromatic carbocycles. The Hall–Kier alpha value is -1.00. The van der Waals surface area contributed by atoms with E-state index in [1.807, 2.05) is 26.0 Å². The molecule has 0 saturated heterocycles. The molecule has 0 spiro atoms. The summed E-state index contributed by atoms with van der Waals surface area (Å²) >= 11 is 0. The van der Waals surface area contributed by atoms with E-state index in [1.165, 1.54) is 0 Å². The lowest BCUT2D eigenvalue weighted by molar-refractivity contribution is 0.351. The molecule has 3 nitrogen and oxygen atoms in total. The molecule has 0 unspecified atom stereocenters. The van der Waals surface area contributed by atoms with Crippen molar-refractivity contribution in [1.29, 1.82) is 0 Å². The van der Waals surface area contributed by atoms with Gasteiger partial charge < -0.3 is 4.74 Å². The third-order valence-electron chi connectivity index (χ3n) is 2.44. The van der Waals surface area contributed by atoms with Crippen LogP contribution in [0.25, 0.3) is 6.08 Å². The van der Waals surface area contributed by atoms with E-state index in [0.717, 1.165) is 22.4 Å². The summed E-state index contributed by atoms with van der Waals surface area (Å²) in [5.74, 6) is 0.731. The highest BCUT2D eigenvalue weighted by atomic mass is 35.7. The van der Waals surface area contributed by atoms with Crippen molar-refractivity contribution in [1.82, 2.24) is 0 Å². The largest absolute Gasteiger partial charge is 0.487 e. The molecule has 0 bridgehead atoms. The van der Waals surface area contributed by atoms with E-state index in [2.05, 4.69) is 0 Å². The fraction of sp³-hybridized carbons (Fsp3) is 0.273. The van der Waals surface area contributed by atoms with Gasteiger partial charge in [-0.05, 0) is 31.6 Å². The zero-order valence-electron chi connectivity index (χ0n) is 8.95. The summed E-state index contributed by atoms with van der Waals surface area (Å²) in [6, 6.07) is 3.87. The van der Waals surface area contributed by atoms with Crippen molar-refractivity contribution in [3.05, 3.63) is 33.7 Å². The normalized spacial score (nSPS) is 15.1. The number of ether oxygens (including phenoxy) is 1. The molecule has 0 saturated carbocycles. The topological polar surface area (TPSA) is 43.4 Å². The molecular weight excluding hydrogens is 248 g/mol. The molecule has 1 aromatic rings. The molecular formula is C11H11ClO3S. The van der Waals surface area contributed by atoms with Gasteiger partial charge in [-0.1, -0.05) is 11.6 Å². The molecule has 2 rings (SSSR count). The number of hydrogen-bond donors (Lipinski definition) is 0. The van der Waals surface area contributed by atoms with E-state index in [-0.39, 0.29) is 11.5 Å². The molecule has 0 atom stereocenters. The first-order chi connectivity index (χ1) is 7.38. The van der Waals surface area contributed by atoms with Gasteiger partial charge in [0.15, 0.2) is 0 Å². The summed E-state index contributed by atoms with van der Waals surface area (Å²) in [6.45, 7) is 3.88. The third kappa shape index (κ3) is 2.08. The van der Waals surface area contributed by atoms with Crippen molar-refractivity contribution in [3.8, 4) is 5.75 Å². The van der Waals surface area contributed by atoms with Crippen LogP contribution in [-0.4, -0.2) is 15.0 Å². The lowest BCUT2D eigenvalue weighted by Crippen LogP contribution is -2.12. The SMILES string of the molecule is Cc1cc(C)c2c(c1)C=C(S(=O)(=O)Cl)CO2. The summed E-state index contributed by atoms with van der Waals surface area (Å²) in [5, 5.41) is 0. The van der Waals surface area contributed by atoms with Crippen molar-refractivity contribution in [2.45, 2.75) is 13.8 Å². The Morgan fingerprint density at radius 1 is 1.31 bits per heavy atom. The van der Waals surface area contributed by atoms with Crippen molar-refractivity contribution < 1.29 is 13.2 Å². The van der Waals surface area contributed by atoms with Crippen LogP contribution in [0.5, 0.6) is 5.75 Å². The van der Waals surface area contributed by atoms with Crippen molar-refractivity contribution >= 4 is 25.8 Å². The quantitative estimate of drug-likeness (QED) is 0.728. The number of fused-ring (bicyclic) bond motifs is 1. The highest BCUT2D eigenvalue weighted by Gasteiger charge is 2.21. The second kappa shape index (κ2) is 3.79. The average molecular weight is 259 g/mol. The van der Waals surface area contributed by atoms with Crippen molar-refractivity contribution in [2.75, 3.05) is 6.61 Å². The molecule has 0 N–H and O–H groups in total. The van der Waals surface area contributed by atoms with E-state index >= 15 is 0 Å². The smallest absolute Gasteiger partial charge is 0.260 e. The molecule has 1 aliphatic rings. The van der Waals surface area contributed by atoms with Gasteiger partial charge in [0, 0.05) is 16.2 Å². The van der Waals surface area contributed by atoms with Gasteiger partial charge in [0.2, 0.25) is 0 Å². The Balaban J connectivity index is 2.60. The maximum Gasteiger partial charge on any atom is 0.260 e. The number of hydrogen-bond acceptors (Lipinski definition) is 3. The standard InChI is InChI=1S/C11H11ClO3S/c1-7-3-8(2)11-9(4-7)5-10(6-15-11)16(12,13)14/h3-5H,6H2,1-2H3. The van der Waals surface area contributed by atoms with E-state index in [1.54, 1.807) is 6.08 Å². The number of halogens is 1. The predicted octanol–water partition coefficient (Wildman–Crippen LogP) is 2.61. The molecule has 5 heteroatoms. The minimum Gasteiger partial charge on any atom is -0.487 e. The van der Waals surface area contributed by atoms with Gasteiger partial charge in [0.1, 0.15) is 12.4 Å². The Morgan fingerprint density at radius 3 is 2.62 bits per heavy atom. The van der Waals surface area contributed by atoms with Crippen LogP contribution < -0.4 is 4.74 Å². The molecule has 86 valence electrons. The van der Waals surface area contributed by atoms with Gasteiger partial charge in [0.25, 0.3) is 9.05 Å². The molecule has 16 heavy (non-hydrogen) atoms. The molecule has 0 fully saturated rings. The Morgan fingerprint density at radius 2 is 2.00 bits per heavy atom. The lowest BCUT2D eigenvalue weighted by atomic mass is 10.0. The molecule has 0 amide bonds. The van der Waals surface area contributed by atoms with Crippen LogP contribution in [0.3, 0.4) is 0 Å². The zero-order valence-corrected chi connectivity index (χ0v) is 10.5. The van der Waals surface area contributed by atoms with Gasteiger partial charge in [-0.3, -0.25) is 0 Å². The first-order valence-electron chi connectivity index (χ1n) is 4.77. The predicted molar refractivity (Wildman–Crippen MR) is 64.2 cm³/mol. The van der Waals surface area contributed by atoms with Gasteiger partial charge in [-0.2, -0.15) is 0 Å². The molecule has 1 heterocycles. The maximum absolute atomic E-state index is 11.2. The summed E-state index contributed by atoms with van der Waals surface area (Å²) in [4.78, 5) is 0.103. The van der Waals surface area contributed by atoms with Gasteiger partial charge in [-0.15, -0.1) is 0 Å². The van der Waals surface area contributed by atoms with Gasteiger partial charge in [0.05, 0.1) is 4.91 Å². The Bertz CT molecular complexity index is 573. The van der Waals surface area contributed by atoms with Crippen LogP contribution in [-0.2, 0) is 9.05 Å². The van der Waals surface area contributed by atoms with Crippen LogP contribution in [0.15, 0.2) is 17.0 Å². The summed E-state index contributed by atoms with van der Waals surface area (Å²) in [5.41, 5.74) is 2.82. The minimum absolute atomic E-state index is 0.00271. The van der Waals surface area contributed by atoms with E-state index < -0.39 is 9.05 Å². The van der Waals surface area contributed by atoms with Crippen molar-refractivity contribution in [2.24, 2.45) is 0 Å². The second-order valence-corrected chi connectivity index (χ2v) is 6.46. The Labute approximate surface area is 99.1 Å². The van der Waals surface area contributed by atoms with Crippen LogP contribution in [0.1, 0.15) is 16.7 Å². The monoisotopic (exact) mass is 258 g/mol. The lowest BCUT2D eigenvalue weighted by Gasteiger charge is -2.18. The first-order valence-corrected chi connectivity index (χ1v) is 7.08. The van der Waals surface area contributed by atoms with E-state index in [4.69, 9.17) is 15.4 Å². The number of rotatable bonds is 1. The van der Waals surface area contributed by atoms with E-state index in [9.17, 15) is 8.42 Å². The zero-order chi connectivity index (χ0) is 11.9. The molecule has 0 aliphatic carbocycles. The van der Waals surface area contributed by atoms with Gasteiger partial charge in [-0.25, -0.2) is 8.42 Å². The summed E-state index contributed by atoms with van der Waals surface area (Å²) < 4.78 is 27.8. The highest BCUT2D eigenvalue weighted by molar-refractivity contribution is 8.17. The van der Waals surface area contributed by atoms with Crippen LogP contribution >= 0.6 is 10.7 Å². The fourth-order valence-electron chi connectivity index (χ4n) is 1.79. The summed E-state index contributed by atoms with van der Waals surface area (Å²) in [7, 11) is 1.60. The molecule has 0 aromatic heterocycles. The third-order valence-corrected chi connectivity index (χ3v) is 3.89. The first kappa shape index (κ1) is 11.5. The van der Waals surface area contributed by atoms with Gasteiger partial charge >= 0.3 is 0 Å². The van der Waals surface area contributed by atoms with Crippen LogP contribution in [0.2, 0.25) is 0 Å². The number of benzene rings is 1.